The second-order valence-corrected chi connectivity index (χ2v) is 8.27. The molecule has 0 saturated carbocycles. The number of para-hydroxylation sites is 1. The van der Waals surface area contributed by atoms with Crippen molar-refractivity contribution in [2.75, 3.05) is 41.0 Å². The molecule has 2 aromatic rings. The average molecular weight is 486 g/mol. The fourth-order valence-corrected chi connectivity index (χ4v) is 4.07. The summed E-state index contributed by atoms with van der Waals surface area (Å²) in [6.45, 7) is 6.82. The Bertz CT molecular complexity index is 945. The van der Waals surface area contributed by atoms with Crippen LogP contribution >= 0.6 is 0 Å². The van der Waals surface area contributed by atoms with Gasteiger partial charge in [-0.25, -0.2) is 0 Å². The van der Waals surface area contributed by atoms with Crippen LogP contribution in [0.4, 0.5) is 0 Å². The Kier molecular flexibility index (Phi) is 12.1. The third kappa shape index (κ3) is 8.28. The molecule has 0 saturated heterocycles. The van der Waals surface area contributed by atoms with E-state index < -0.39 is 11.9 Å². The van der Waals surface area contributed by atoms with Crippen molar-refractivity contribution >= 4 is 11.8 Å². The van der Waals surface area contributed by atoms with Crippen LogP contribution in [0.15, 0.2) is 42.5 Å². The molecule has 0 aliphatic carbocycles. The summed E-state index contributed by atoms with van der Waals surface area (Å²) in [5.41, 5.74) is 1.58. The molecule has 0 amide bonds. The summed E-state index contributed by atoms with van der Waals surface area (Å²) in [6.07, 6.45) is 3.10. The maximum absolute atomic E-state index is 13.2. The van der Waals surface area contributed by atoms with E-state index >= 15 is 0 Å². The van der Waals surface area contributed by atoms with Gasteiger partial charge in [0.15, 0.2) is 17.3 Å². The van der Waals surface area contributed by atoms with E-state index in [2.05, 4.69) is 17.9 Å². The largest absolute Gasteiger partial charge is 0.496 e. The second-order valence-electron chi connectivity index (χ2n) is 8.27. The maximum atomic E-state index is 13.2. The molecule has 0 aromatic heterocycles. The van der Waals surface area contributed by atoms with Crippen LogP contribution in [-0.4, -0.2) is 57.7 Å². The molecule has 0 radical (unpaired) electrons. The van der Waals surface area contributed by atoms with Gasteiger partial charge in [0, 0.05) is 17.7 Å². The number of methoxy groups -OCH3 is 3. The number of rotatable bonds is 16. The number of carbonyl (C=O) groups is 2. The summed E-state index contributed by atoms with van der Waals surface area (Å²) in [7, 11) is 4.75. The first-order valence-corrected chi connectivity index (χ1v) is 12.3. The van der Waals surface area contributed by atoms with Crippen molar-refractivity contribution in [2.45, 2.75) is 46.1 Å². The molecule has 0 spiro atoms. The molecule has 1 atom stereocenters. The van der Waals surface area contributed by atoms with Crippen molar-refractivity contribution in [1.82, 2.24) is 4.90 Å². The summed E-state index contributed by atoms with van der Waals surface area (Å²) >= 11 is 0. The summed E-state index contributed by atoms with van der Waals surface area (Å²) < 4.78 is 21.2. The molecular weight excluding hydrogens is 446 g/mol. The van der Waals surface area contributed by atoms with Crippen LogP contribution in [0.1, 0.15) is 55.5 Å². The normalized spacial score (nSPS) is 11.7. The number of ketones is 1. The van der Waals surface area contributed by atoms with E-state index in [0.717, 1.165) is 44.6 Å². The predicted molar refractivity (Wildman–Crippen MR) is 136 cm³/mol. The van der Waals surface area contributed by atoms with Gasteiger partial charge in [-0.05, 0) is 57.1 Å². The minimum Gasteiger partial charge on any atom is -0.496 e. The maximum Gasteiger partial charge on any atom is 0.316 e. The first kappa shape index (κ1) is 28.2. The lowest BCUT2D eigenvalue weighted by Gasteiger charge is -2.22. The number of hydrogen-bond acceptors (Lipinski definition) is 7. The van der Waals surface area contributed by atoms with Crippen molar-refractivity contribution in [1.29, 1.82) is 0 Å². The van der Waals surface area contributed by atoms with Crippen molar-refractivity contribution in [3.05, 3.63) is 53.6 Å². The summed E-state index contributed by atoms with van der Waals surface area (Å²) in [4.78, 5) is 28.2. The molecule has 0 aliphatic heterocycles. The highest BCUT2D eigenvalue weighted by molar-refractivity contribution is 6.08. The zero-order chi connectivity index (χ0) is 25.6. The Hall–Kier alpha value is -3.06. The van der Waals surface area contributed by atoms with Crippen LogP contribution in [0.25, 0.3) is 0 Å². The number of ether oxygens (including phenoxy) is 4. The zero-order valence-electron chi connectivity index (χ0n) is 21.7. The van der Waals surface area contributed by atoms with Gasteiger partial charge in [0.2, 0.25) is 0 Å². The number of nitrogens with zero attached hydrogens (tertiary/aromatic N) is 1. The van der Waals surface area contributed by atoms with Gasteiger partial charge in [-0.3, -0.25) is 14.5 Å². The van der Waals surface area contributed by atoms with Gasteiger partial charge >= 0.3 is 5.97 Å². The molecule has 7 heteroatoms. The van der Waals surface area contributed by atoms with E-state index in [4.69, 9.17) is 18.9 Å². The van der Waals surface area contributed by atoms with Crippen molar-refractivity contribution in [2.24, 2.45) is 5.92 Å². The van der Waals surface area contributed by atoms with Crippen LogP contribution in [0, 0.1) is 5.92 Å². The van der Waals surface area contributed by atoms with Gasteiger partial charge in [-0.2, -0.15) is 0 Å². The minimum absolute atomic E-state index is 0.239. The summed E-state index contributed by atoms with van der Waals surface area (Å²) in [6, 6.07) is 13.0. The van der Waals surface area contributed by atoms with E-state index in [-0.39, 0.29) is 12.4 Å². The van der Waals surface area contributed by atoms with Gasteiger partial charge in [-0.15, -0.1) is 0 Å². The molecule has 7 nitrogen and oxygen atoms in total. The van der Waals surface area contributed by atoms with Crippen molar-refractivity contribution < 1.29 is 28.5 Å². The molecule has 2 aromatic carbocycles. The number of hydrogen-bond donors (Lipinski definition) is 0. The molecule has 0 N–H and O–H groups in total. The number of esters is 1. The van der Waals surface area contributed by atoms with Gasteiger partial charge in [0.25, 0.3) is 0 Å². The molecule has 0 fully saturated rings. The number of carbonyl (C=O) groups excluding carboxylic acids is 2. The molecule has 0 bridgehead atoms. The molecule has 0 aliphatic rings. The zero-order valence-corrected chi connectivity index (χ0v) is 21.7. The van der Waals surface area contributed by atoms with E-state index in [0.29, 0.717) is 23.5 Å². The van der Waals surface area contributed by atoms with Gasteiger partial charge in [-0.1, -0.05) is 38.0 Å². The third-order valence-corrected chi connectivity index (χ3v) is 6.06. The van der Waals surface area contributed by atoms with Crippen LogP contribution in [0.2, 0.25) is 0 Å². The third-order valence-electron chi connectivity index (χ3n) is 6.06. The summed E-state index contributed by atoms with van der Waals surface area (Å²) in [5, 5.41) is 0. The Balaban J connectivity index is 1.94. The number of Topliss-reactive ketones (excluding diaryl/α,β-unsaturated/α-hetero) is 1. The quantitative estimate of drug-likeness (QED) is 0.141. The number of benzene rings is 2. The molecule has 2 rings (SSSR count). The molecule has 0 heterocycles. The fourth-order valence-electron chi connectivity index (χ4n) is 4.07. The van der Waals surface area contributed by atoms with E-state index in [1.54, 1.807) is 32.2 Å². The van der Waals surface area contributed by atoms with Gasteiger partial charge < -0.3 is 18.9 Å². The molecule has 35 heavy (non-hydrogen) atoms. The van der Waals surface area contributed by atoms with Gasteiger partial charge in [0.1, 0.15) is 11.7 Å². The Labute approximate surface area is 209 Å². The smallest absolute Gasteiger partial charge is 0.316 e. The standard InChI is InChI=1S/C28H39NO6/c1-6-29(20-22-13-10-11-15-24(22)32-3)18-12-8-9-14-23(28(31)35-7-2)27(30)21-16-17-25(33-4)26(19-21)34-5/h10-11,13,15-17,19,23H,6-9,12,14,18,20H2,1-5H3. The lowest BCUT2D eigenvalue weighted by atomic mass is 9.92. The monoisotopic (exact) mass is 485 g/mol. The van der Waals surface area contributed by atoms with Crippen LogP contribution in [-0.2, 0) is 16.1 Å². The summed E-state index contributed by atoms with van der Waals surface area (Å²) in [5.74, 6) is 0.330. The van der Waals surface area contributed by atoms with Crippen LogP contribution in [0.5, 0.6) is 17.2 Å². The van der Waals surface area contributed by atoms with E-state index in [1.165, 1.54) is 19.8 Å². The van der Waals surface area contributed by atoms with Gasteiger partial charge in [0.05, 0.1) is 27.9 Å². The van der Waals surface area contributed by atoms with Crippen molar-refractivity contribution in [3.8, 4) is 17.2 Å². The van der Waals surface area contributed by atoms with E-state index in [1.807, 2.05) is 18.2 Å². The Morgan fingerprint density at radius 3 is 2.23 bits per heavy atom. The van der Waals surface area contributed by atoms with Crippen molar-refractivity contribution in [3.63, 3.8) is 0 Å². The van der Waals surface area contributed by atoms with Crippen LogP contribution < -0.4 is 14.2 Å². The molecule has 192 valence electrons. The Morgan fingerprint density at radius 1 is 0.857 bits per heavy atom. The fraction of sp³-hybridized carbons (Fsp3) is 0.500. The Morgan fingerprint density at radius 2 is 1.57 bits per heavy atom. The molecular formula is C28H39NO6. The lowest BCUT2D eigenvalue weighted by molar-refractivity contribution is -0.146. The average Bonchev–Trinajstić information content (AvgIpc) is 2.89. The SMILES string of the molecule is CCOC(=O)C(CCCCCN(CC)Cc1ccccc1OC)C(=O)c1ccc(OC)c(OC)c1. The second kappa shape index (κ2) is 15.0. The topological polar surface area (TPSA) is 74.3 Å². The molecule has 1 unspecified atom stereocenters. The first-order chi connectivity index (χ1) is 17.0. The lowest BCUT2D eigenvalue weighted by Crippen LogP contribution is -2.27. The van der Waals surface area contributed by atoms with Crippen LogP contribution in [0.3, 0.4) is 0 Å². The highest BCUT2D eigenvalue weighted by Crippen LogP contribution is 2.29. The highest BCUT2D eigenvalue weighted by atomic mass is 16.5. The van der Waals surface area contributed by atoms with E-state index in [9.17, 15) is 9.59 Å². The highest BCUT2D eigenvalue weighted by Gasteiger charge is 2.29. The minimum atomic E-state index is -0.830. The first-order valence-electron chi connectivity index (χ1n) is 12.3. The number of unbranched alkanes of at least 4 members (excludes halogenated alkanes) is 2. The predicted octanol–water partition coefficient (Wildman–Crippen LogP) is 5.16.